The van der Waals surface area contributed by atoms with Gasteiger partial charge in [0, 0.05) is 5.92 Å². The molecule has 0 aliphatic heterocycles. The van der Waals surface area contributed by atoms with Crippen LogP contribution in [0.4, 0.5) is 13.2 Å². The van der Waals surface area contributed by atoms with Crippen molar-refractivity contribution in [2.24, 2.45) is 0 Å². The number of hydrogen-bond donors (Lipinski definition) is 1. The van der Waals surface area contributed by atoms with Crippen LogP contribution in [0.3, 0.4) is 0 Å². The highest BCUT2D eigenvalue weighted by Gasteiger charge is 2.31. The fraction of sp³-hybridized carbons (Fsp3) is 0.800. The van der Waals surface area contributed by atoms with Gasteiger partial charge < -0.3 is 0 Å². The van der Waals surface area contributed by atoms with E-state index in [4.69, 9.17) is 12.2 Å². The molecule has 96 valence electrons. The summed E-state index contributed by atoms with van der Waals surface area (Å²) in [5.41, 5.74) is 0. The molecule has 7 heteroatoms. The second kappa shape index (κ2) is 4.80. The molecule has 1 aliphatic carbocycles. The van der Waals surface area contributed by atoms with Gasteiger partial charge in [0.15, 0.2) is 4.77 Å². The zero-order valence-corrected chi connectivity index (χ0v) is 10.1. The minimum Gasteiger partial charge on any atom is -0.295 e. The Morgan fingerprint density at radius 2 is 1.94 bits per heavy atom. The van der Waals surface area contributed by atoms with Crippen LogP contribution in [0.5, 0.6) is 0 Å². The Morgan fingerprint density at radius 1 is 1.29 bits per heavy atom. The van der Waals surface area contributed by atoms with Gasteiger partial charge in [-0.2, -0.15) is 18.3 Å². The monoisotopic (exact) mass is 265 g/mol. The van der Waals surface area contributed by atoms with E-state index < -0.39 is 12.7 Å². The molecule has 1 fully saturated rings. The number of hydrogen-bond acceptors (Lipinski definition) is 2. The van der Waals surface area contributed by atoms with E-state index >= 15 is 0 Å². The van der Waals surface area contributed by atoms with Crippen LogP contribution >= 0.6 is 12.2 Å². The summed E-state index contributed by atoms with van der Waals surface area (Å²) in [4.78, 5) is 0. The molecule has 1 heterocycles. The van der Waals surface area contributed by atoms with Gasteiger partial charge in [0.1, 0.15) is 12.4 Å². The van der Waals surface area contributed by atoms with Crippen molar-refractivity contribution in [2.75, 3.05) is 0 Å². The van der Waals surface area contributed by atoms with Gasteiger partial charge in [0.05, 0.1) is 0 Å². The molecular formula is C10H14F3N3S. The summed E-state index contributed by atoms with van der Waals surface area (Å²) in [7, 11) is 0. The van der Waals surface area contributed by atoms with Crippen molar-refractivity contribution in [2.45, 2.75) is 50.7 Å². The van der Waals surface area contributed by atoms with E-state index in [2.05, 4.69) is 10.2 Å². The quantitative estimate of drug-likeness (QED) is 0.830. The van der Waals surface area contributed by atoms with Crippen molar-refractivity contribution in [1.29, 1.82) is 0 Å². The van der Waals surface area contributed by atoms with Gasteiger partial charge in [-0.15, -0.1) is 0 Å². The first-order valence-electron chi connectivity index (χ1n) is 5.69. The number of H-pyrrole nitrogens is 1. The van der Waals surface area contributed by atoms with Crippen molar-refractivity contribution < 1.29 is 13.2 Å². The highest BCUT2D eigenvalue weighted by molar-refractivity contribution is 7.71. The first-order valence-corrected chi connectivity index (χ1v) is 6.10. The van der Waals surface area contributed by atoms with Gasteiger partial charge in [0.25, 0.3) is 0 Å². The summed E-state index contributed by atoms with van der Waals surface area (Å²) >= 11 is 4.86. The van der Waals surface area contributed by atoms with Gasteiger partial charge in [-0.3, -0.25) is 9.67 Å². The van der Waals surface area contributed by atoms with E-state index in [1.807, 2.05) is 0 Å². The number of aromatic amines is 1. The molecule has 0 atom stereocenters. The topological polar surface area (TPSA) is 33.6 Å². The molecule has 1 N–H and O–H groups in total. The summed E-state index contributed by atoms with van der Waals surface area (Å²) in [6.45, 7) is -1.05. The predicted octanol–water partition coefficient (Wildman–Crippen LogP) is 3.55. The Bertz CT molecular complexity index is 429. The van der Waals surface area contributed by atoms with Crippen LogP contribution in [0.15, 0.2) is 0 Å². The molecule has 0 bridgehead atoms. The maximum absolute atomic E-state index is 12.4. The maximum atomic E-state index is 12.4. The molecule has 0 spiro atoms. The Morgan fingerprint density at radius 3 is 2.53 bits per heavy atom. The van der Waals surface area contributed by atoms with E-state index in [1.54, 1.807) is 0 Å². The summed E-state index contributed by atoms with van der Waals surface area (Å²) in [6, 6.07) is 0. The van der Waals surface area contributed by atoms with Crippen LogP contribution in [0, 0.1) is 4.77 Å². The van der Waals surface area contributed by atoms with Crippen molar-refractivity contribution in [3.8, 4) is 0 Å². The lowest BCUT2D eigenvalue weighted by Gasteiger charge is -2.21. The largest absolute Gasteiger partial charge is 0.406 e. The SMILES string of the molecule is FC(F)(F)Cn1c(C2CCCCC2)n[nH]c1=S. The zero-order valence-electron chi connectivity index (χ0n) is 9.26. The Kier molecular flexibility index (Phi) is 3.56. The first kappa shape index (κ1) is 12.6. The van der Waals surface area contributed by atoms with Crippen molar-refractivity contribution in [3.63, 3.8) is 0 Å². The third-order valence-corrected chi connectivity index (χ3v) is 3.41. The molecule has 0 unspecified atom stereocenters. The van der Waals surface area contributed by atoms with Crippen molar-refractivity contribution in [1.82, 2.24) is 14.8 Å². The smallest absolute Gasteiger partial charge is 0.295 e. The molecule has 0 saturated heterocycles. The molecule has 1 saturated carbocycles. The van der Waals surface area contributed by atoms with Crippen molar-refractivity contribution in [3.05, 3.63) is 10.6 Å². The molecule has 1 aromatic heterocycles. The van der Waals surface area contributed by atoms with Crippen LogP contribution in [0.25, 0.3) is 0 Å². The molecule has 0 amide bonds. The molecule has 1 aliphatic rings. The molecule has 17 heavy (non-hydrogen) atoms. The van der Waals surface area contributed by atoms with Gasteiger partial charge in [-0.1, -0.05) is 19.3 Å². The van der Waals surface area contributed by atoms with Crippen molar-refractivity contribution >= 4 is 12.2 Å². The van der Waals surface area contributed by atoms with E-state index in [-0.39, 0.29) is 10.7 Å². The maximum Gasteiger partial charge on any atom is 0.406 e. The van der Waals surface area contributed by atoms with E-state index in [9.17, 15) is 13.2 Å². The molecule has 2 rings (SSSR count). The van der Waals surface area contributed by atoms with Gasteiger partial charge in [-0.05, 0) is 25.1 Å². The molecule has 0 radical (unpaired) electrons. The fourth-order valence-corrected chi connectivity index (χ4v) is 2.54. The highest BCUT2D eigenvalue weighted by Crippen LogP contribution is 2.32. The first-order chi connectivity index (χ1) is 7.97. The minimum atomic E-state index is -4.26. The minimum absolute atomic E-state index is 0.0582. The average Bonchev–Trinajstić information content (AvgIpc) is 2.60. The van der Waals surface area contributed by atoms with Gasteiger partial charge >= 0.3 is 6.18 Å². The number of halogens is 3. The Hall–Kier alpha value is -0.850. The second-order valence-corrected chi connectivity index (χ2v) is 4.81. The Labute approximate surface area is 102 Å². The van der Waals surface area contributed by atoms with E-state index in [0.29, 0.717) is 5.82 Å². The summed E-state index contributed by atoms with van der Waals surface area (Å²) < 4.78 is 38.5. The normalized spacial score (nSPS) is 18.5. The van der Waals surface area contributed by atoms with Crippen LogP contribution in [0.1, 0.15) is 43.8 Å². The lowest BCUT2D eigenvalue weighted by Crippen LogP contribution is -2.21. The standard InChI is InChI=1S/C10H14F3N3S/c11-10(12,13)6-16-8(14-15-9(16)17)7-4-2-1-3-5-7/h7H,1-6H2,(H,15,17). The number of alkyl halides is 3. The van der Waals surface area contributed by atoms with Gasteiger partial charge in [0.2, 0.25) is 0 Å². The average molecular weight is 265 g/mol. The number of nitrogens with one attached hydrogen (secondary N) is 1. The third-order valence-electron chi connectivity index (χ3n) is 3.10. The Balaban J connectivity index is 2.25. The zero-order chi connectivity index (χ0) is 12.5. The van der Waals surface area contributed by atoms with Gasteiger partial charge in [-0.25, -0.2) is 0 Å². The molecular weight excluding hydrogens is 251 g/mol. The predicted molar refractivity (Wildman–Crippen MR) is 59.3 cm³/mol. The molecule has 1 aromatic rings. The second-order valence-electron chi connectivity index (χ2n) is 4.42. The van der Waals surface area contributed by atoms with E-state index in [1.165, 1.54) is 0 Å². The molecule has 0 aromatic carbocycles. The lowest BCUT2D eigenvalue weighted by molar-refractivity contribution is -0.141. The third kappa shape index (κ3) is 3.08. The van der Waals surface area contributed by atoms with Crippen LogP contribution < -0.4 is 0 Å². The summed E-state index contributed by atoms with van der Waals surface area (Å²) in [5.74, 6) is 0.575. The number of nitrogens with zero attached hydrogens (tertiary/aromatic N) is 2. The molecule has 3 nitrogen and oxygen atoms in total. The number of rotatable bonds is 2. The van der Waals surface area contributed by atoms with Crippen LogP contribution in [0.2, 0.25) is 0 Å². The fourth-order valence-electron chi connectivity index (χ4n) is 2.33. The van der Waals surface area contributed by atoms with Crippen LogP contribution in [-0.2, 0) is 6.54 Å². The summed E-state index contributed by atoms with van der Waals surface area (Å²) in [5, 5.41) is 6.44. The highest BCUT2D eigenvalue weighted by atomic mass is 32.1. The lowest BCUT2D eigenvalue weighted by atomic mass is 9.89. The summed E-state index contributed by atoms with van der Waals surface area (Å²) in [6.07, 6.45) is 0.800. The number of aromatic nitrogens is 3. The van der Waals surface area contributed by atoms with E-state index in [0.717, 1.165) is 36.7 Å². The van der Waals surface area contributed by atoms with Crippen LogP contribution in [-0.4, -0.2) is 20.9 Å².